The van der Waals surface area contributed by atoms with E-state index in [1.54, 1.807) is 0 Å². The Kier molecular flexibility index (Phi) is 4.33. The minimum Gasteiger partial charge on any atom is -0.311 e. The highest BCUT2D eigenvalue weighted by Crippen LogP contribution is 2.01. The quantitative estimate of drug-likeness (QED) is 0.769. The minimum atomic E-state index is 0.894. The minimum absolute atomic E-state index is 0.894. The molecule has 3 heteroatoms. The monoisotopic (exact) mass is 229 g/mol. The Morgan fingerprint density at radius 3 is 2.71 bits per heavy atom. The van der Waals surface area contributed by atoms with Crippen LogP contribution in [0.1, 0.15) is 17.7 Å². The summed E-state index contributed by atoms with van der Waals surface area (Å²) in [6, 6.07) is 12.7. The van der Waals surface area contributed by atoms with Crippen molar-refractivity contribution in [2.24, 2.45) is 7.05 Å². The summed E-state index contributed by atoms with van der Waals surface area (Å²) in [5.41, 5.74) is 2.64. The van der Waals surface area contributed by atoms with Gasteiger partial charge >= 0.3 is 0 Å². The molecule has 0 spiro atoms. The molecule has 90 valence electrons. The molecule has 3 nitrogen and oxygen atoms in total. The van der Waals surface area contributed by atoms with Crippen LogP contribution < -0.4 is 5.32 Å². The summed E-state index contributed by atoms with van der Waals surface area (Å²) in [6.45, 7) is 1.94. The Hall–Kier alpha value is -1.61. The van der Waals surface area contributed by atoms with E-state index in [0.29, 0.717) is 0 Å². The molecule has 1 N–H and O–H groups in total. The van der Waals surface area contributed by atoms with Crippen molar-refractivity contribution in [3.05, 3.63) is 53.9 Å². The molecule has 0 amide bonds. The van der Waals surface area contributed by atoms with Gasteiger partial charge in [-0.1, -0.05) is 30.3 Å². The zero-order valence-corrected chi connectivity index (χ0v) is 10.3. The third-order valence-corrected chi connectivity index (χ3v) is 2.89. The van der Waals surface area contributed by atoms with Crippen LogP contribution in [-0.4, -0.2) is 16.3 Å². The van der Waals surface area contributed by atoms with Crippen LogP contribution in [-0.2, 0) is 20.0 Å². The first-order chi connectivity index (χ1) is 8.36. The van der Waals surface area contributed by atoms with Gasteiger partial charge in [0.15, 0.2) is 0 Å². The number of benzene rings is 1. The fraction of sp³-hybridized carbons (Fsp3) is 0.357. The van der Waals surface area contributed by atoms with Gasteiger partial charge in [-0.05, 0) is 31.0 Å². The zero-order valence-electron chi connectivity index (χ0n) is 10.3. The predicted octanol–water partition coefficient (Wildman–Crippen LogP) is 2.14. The average Bonchev–Trinajstić information content (AvgIpc) is 2.76. The normalized spacial score (nSPS) is 10.6. The lowest BCUT2D eigenvalue weighted by molar-refractivity contribution is 0.607. The molecule has 1 aromatic carbocycles. The van der Waals surface area contributed by atoms with Gasteiger partial charge in [-0.2, -0.15) is 5.10 Å². The fourth-order valence-electron chi connectivity index (χ4n) is 1.85. The lowest BCUT2D eigenvalue weighted by Gasteiger charge is -2.05. The number of aryl methyl sites for hydroxylation is 2. The Balaban J connectivity index is 1.63. The van der Waals surface area contributed by atoms with Gasteiger partial charge in [-0.15, -0.1) is 0 Å². The number of nitrogens with zero attached hydrogens (tertiary/aromatic N) is 2. The third-order valence-electron chi connectivity index (χ3n) is 2.89. The van der Waals surface area contributed by atoms with Crippen LogP contribution in [0.3, 0.4) is 0 Å². The summed E-state index contributed by atoms with van der Waals surface area (Å²) in [4.78, 5) is 0. The summed E-state index contributed by atoms with van der Waals surface area (Å²) < 4.78 is 1.91. The molecule has 17 heavy (non-hydrogen) atoms. The van der Waals surface area contributed by atoms with Crippen molar-refractivity contribution in [1.82, 2.24) is 15.1 Å². The summed E-state index contributed by atoms with van der Waals surface area (Å²) in [6.07, 6.45) is 4.14. The SMILES string of the molecule is Cn1nccc1CNCCCc1ccccc1. The maximum atomic E-state index is 4.14. The second kappa shape index (κ2) is 6.21. The third kappa shape index (κ3) is 3.71. The van der Waals surface area contributed by atoms with Crippen LogP contribution in [0.4, 0.5) is 0 Å². The Morgan fingerprint density at radius 2 is 2.00 bits per heavy atom. The molecular formula is C14H19N3. The molecule has 0 saturated heterocycles. The van der Waals surface area contributed by atoms with E-state index in [1.165, 1.54) is 17.7 Å². The molecule has 0 atom stereocenters. The topological polar surface area (TPSA) is 29.9 Å². The van der Waals surface area contributed by atoms with Gasteiger partial charge in [0.2, 0.25) is 0 Å². The van der Waals surface area contributed by atoms with Gasteiger partial charge < -0.3 is 5.32 Å². The summed E-state index contributed by atoms with van der Waals surface area (Å²) in [5.74, 6) is 0. The van der Waals surface area contributed by atoms with Gasteiger partial charge in [0.05, 0.1) is 5.69 Å². The van der Waals surface area contributed by atoms with Crippen LogP contribution in [0.5, 0.6) is 0 Å². The summed E-state index contributed by atoms with van der Waals surface area (Å²) in [5, 5.41) is 7.58. The Morgan fingerprint density at radius 1 is 1.18 bits per heavy atom. The molecule has 2 rings (SSSR count). The zero-order chi connectivity index (χ0) is 11.9. The molecule has 0 aliphatic carbocycles. The van der Waals surface area contributed by atoms with E-state index in [2.05, 4.69) is 40.7 Å². The highest BCUT2D eigenvalue weighted by molar-refractivity contribution is 5.14. The molecule has 0 aliphatic rings. The van der Waals surface area contributed by atoms with E-state index in [9.17, 15) is 0 Å². The molecule has 0 saturated carbocycles. The maximum absolute atomic E-state index is 4.14. The first kappa shape index (κ1) is 11.9. The standard InChI is InChI=1S/C14H19N3/c1-17-14(9-11-16-17)12-15-10-5-8-13-6-3-2-4-7-13/h2-4,6-7,9,11,15H,5,8,10,12H2,1H3. The highest BCUT2D eigenvalue weighted by Gasteiger charge is 1.97. The average molecular weight is 229 g/mol. The molecule has 0 bridgehead atoms. The molecule has 0 fully saturated rings. The van der Waals surface area contributed by atoms with Crippen molar-refractivity contribution < 1.29 is 0 Å². The number of nitrogens with one attached hydrogen (secondary N) is 1. The van der Waals surface area contributed by atoms with Gasteiger partial charge in [-0.3, -0.25) is 4.68 Å². The van der Waals surface area contributed by atoms with E-state index < -0.39 is 0 Å². The first-order valence-corrected chi connectivity index (χ1v) is 6.08. The van der Waals surface area contributed by atoms with Crippen molar-refractivity contribution in [3.63, 3.8) is 0 Å². The first-order valence-electron chi connectivity index (χ1n) is 6.08. The predicted molar refractivity (Wildman–Crippen MR) is 69.7 cm³/mol. The molecule has 1 heterocycles. The molecule has 0 aliphatic heterocycles. The number of rotatable bonds is 6. The van der Waals surface area contributed by atoms with Crippen LogP contribution in [0, 0.1) is 0 Å². The maximum Gasteiger partial charge on any atom is 0.0518 e. The Labute approximate surface area is 102 Å². The highest BCUT2D eigenvalue weighted by atomic mass is 15.3. The van der Waals surface area contributed by atoms with Crippen molar-refractivity contribution in [2.75, 3.05) is 6.54 Å². The van der Waals surface area contributed by atoms with E-state index >= 15 is 0 Å². The van der Waals surface area contributed by atoms with Crippen LogP contribution in [0.25, 0.3) is 0 Å². The van der Waals surface area contributed by atoms with E-state index in [4.69, 9.17) is 0 Å². The summed E-state index contributed by atoms with van der Waals surface area (Å²) >= 11 is 0. The lowest BCUT2D eigenvalue weighted by atomic mass is 10.1. The second-order valence-electron chi connectivity index (χ2n) is 4.21. The number of hydrogen-bond acceptors (Lipinski definition) is 2. The molecule has 0 radical (unpaired) electrons. The smallest absolute Gasteiger partial charge is 0.0518 e. The number of aromatic nitrogens is 2. The van der Waals surface area contributed by atoms with Crippen LogP contribution in [0.15, 0.2) is 42.6 Å². The van der Waals surface area contributed by atoms with E-state index in [1.807, 2.05) is 24.0 Å². The van der Waals surface area contributed by atoms with Crippen molar-refractivity contribution >= 4 is 0 Å². The lowest BCUT2D eigenvalue weighted by Crippen LogP contribution is -2.17. The van der Waals surface area contributed by atoms with E-state index in [-0.39, 0.29) is 0 Å². The largest absolute Gasteiger partial charge is 0.311 e. The van der Waals surface area contributed by atoms with Crippen molar-refractivity contribution in [3.8, 4) is 0 Å². The van der Waals surface area contributed by atoms with Gasteiger partial charge in [0.1, 0.15) is 0 Å². The Bertz CT molecular complexity index is 434. The molecular weight excluding hydrogens is 210 g/mol. The fourth-order valence-corrected chi connectivity index (χ4v) is 1.85. The second-order valence-corrected chi connectivity index (χ2v) is 4.21. The van der Waals surface area contributed by atoms with E-state index in [0.717, 1.165) is 19.5 Å². The molecule has 2 aromatic rings. The molecule has 0 unspecified atom stereocenters. The van der Waals surface area contributed by atoms with Gasteiger partial charge in [0, 0.05) is 19.8 Å². The van der Waals surface area contributed by atoms with Gasteiger partial charge in [-0.25, -0.2) is 0 Å². The van der Waals surface area contributed by atoms with Crippen molar-refractivity contribution in [2.45, 2.75) is 19.4 Å². The number of hydrogen-bond donors (Lipinski definition) is 1. The van der Waals surface area contributed by atoms with Crippen molar-refractivity contribution in [1.29, 1.82) is 0 Å². The van der Waals surface area contributed by atoms with Crippen LogP contribution in [0.2, 0.25) is 0 Å². The van der Waals surface area contributed by atoms with Crippen LogP contribution >= 0.6 is 0 Å². The molecule has 1 aromatic heterocycles. The summed E-state index contributed by atoms with van der Waals surface area (Å²) in [7, 11) is 1.97. The van der Waals surface area contributed by atoms with Gasteiger partial charge in [0.25, 0.3) is 0 Å².